The Morgan fingerprint density at radius 2 is 1.65 bits per heavy atom. The zero-order valence-corrected chi connectivity index (χ0v) is 18.8. The van der Waals surface area contributed by atoms with Crippen molar-refractivity contribution in [2.24, 2.45) is 0 Å². The smallest absolute Gasteiger partial charge is 0.268 e. The highest BCUT2D eigenvalue weighted by Crippen LogP contribution is 2.29. The van der Waals surface area contributed by atoms with Gasteiger partial charge >= 0.3 is 0 Å². The largest absolute Gasteiger partial charge is 0.492 e. The van der Waals surface area contributed by atoms with E-state index in [0.717, 1.165) is 10.9 Å². The lowest BCUT2D eigenvalue weighted by molar-refractivity contribution is 0.317. The normalized spacial score (nSPS) is 11.7. The number of rotatable bonds is 8. The zero-order chi connectivity index (χ0) is 21.8. The summed E-state index contributed by atoms with van der Waals surface area (Å²) in [5, 5.41) is 5.22. The van der Waals surface area contributed by atoms with Crippen LogP contribution in [0.2, 0.25) is 10.0 Å². The highest BCUT2D eigenvalue weighted by Gasteiger charge is 2.19. The quantitative estimate of drug-likeness (QED) is 0.349. The van der Waals surface area contributed by atoms with Crippen LogP contribution in [0.3, 0.4) is 0 Å². The van der Waals surface area contributed by atoms with Crippen molar-refractivity contribution in [2.75, 3.05) is 13.2 Å². The summed E-state index contributed by atoms with van der Waals surface area (Å²) < 4.78 is 33.2. The molecule has 160 valence electrons. The maximum atomic E-state index is 13.0. The summed E-state index contributed by atoms with van der Waals surface area (Å²) >= 11 is 12.0. The Balaban J connectivity index is 1.44. The van der Waals surface area contributed by atoms with E-state index in [9.17, 15) is 8.42 Å². The molecule has 1 heterocycles. The molecule has 0 aliphatic heterocycles. The summed E-state index contributed by atoms with van der Waals surface area (Å²) in [4.78, 5) is 0.240. The lowest BCUT2D eigenvalue weighted by atomic mass is 10.2. The lowest BCUT2D eigenvalue weighted by Crippen LogP contribution is -2.20. The molecule has 0 saturated carbocycles. The molecular formula is C23H20Cl2N2O3S. The summed E-state index contributed by atoms with van der Waals surface area (Å²) in [7, 11) is -3.68. The third-order valence-electron chi connectivity index (χ3n) is 4.75. The zero-order valence-electron chi connectivity index (χ0n) is 16.5. The summed E-state index contributed by atoms with van der Waals surface area (Å²) in [6.07, 6.45) is 1.56. The van der Waals surface area contributed by atoms with E-state index in [-0.39, 0.29) is 4.90 Å². The molecule has 31 heavy (non-hydrogen) atoms. The number of aromatic nitrogens is 1. The molecule has 8 heteroatoms. The van der Waals surface area contributed by atoms with Gasteiger partial charge in [0.2, 0.25) is 0 Å². The van der Waals surface area contributed by atoms with Gasteiger partial charge in [0.1, 0.15) is 12.4 Å². The van der Waals surface area contributed by atoms with Gasteiger partial charge in [-0.15, -0.1) is 0 Å². The number of halogens is 2. The lowest BCUT2D eigenvalue weighted by Gasteiger charge is -2.11. The van der Waals surface area contributed by atoms with Crippen molar-refractivity contribution >= 4 is 44.1 Å². The minimum atomic E-state index is -3.68. The van der Waals surface area contributed by atoms with E-state index in [1.54, 1.807) is 60.8 Å². The molecule has 0 radical (unpaired) electrons. The molecule has 4 rings (SSSR count). The van der Waals surface area contributed by atoms with Crippen LogP contribution in [0.4, 0.5) is 0 Å². The third-order valence-corrected chi connectivity index (χ3v) is 6.89. The SMILES string of the molecule is O=S(=O)(c1ccccc1)n1ccc2c(OCCNCc3cc(Cl)cc(Cl)c3)cccc21. The Morgan fingerprint density at radius 3 is 2.39 bits per heavy atom. The molecule has 4 aromatic rings. The molecule has 0 saturated heterocycles. The number of hydrogen-bond acceptors (Lipinski definition) is 4. The van der Waals surface area contributed by atoms with Gasteiger partial charge in [-0.05, 0) is 54.1 Å². The predicted octanol–water partition coefficient (Wildman–Crippen LogP) is 5.35. The highest BCUT2D eigenvalue weighted by atomic mass is 35.5. The molecule has 0 aliphatic carbocycles. The van der Waals surface area contributed by atoms with Gasteiger partial charge in [-0.25, -0.2) is 12.4 Å². The summed E-state index contributed by atoms with van der Waals surface area (Å²) in [6, 6.07) is 20.9. The first kappa shape index (κ1) is 21.7. The minimum absolute atomic E-state index is 0.240. The summed E-state index contributed by atoms with van der Waals surface area (Å²) in [5.74, 6) is 0.632. The van der Waals surface area contributed by atoms with Gasteiger partial charge in [0.25, 0.3) is 10.0 Å². The molecule has 3 aromatic carbocycles. The molecule has 5 nitrogen and oxygen atoms in total. The van der Waals surface area contributed by atoms with Crippen molar-refractivity contribution in [2.45, 2.75) is 11.4 Å². The Kier molecular flexibility index (Phi) is 6.53. The molecule has 0 bridgehead atoms. The molecule has 1 aromatic heterocycles. The van der Waals surface area contributed by atoms with Crippen molar-refractivity contribution in [3.05, 3.63) is 94.6 Å². The van der Waals surface area contributed by atoms with Crippen molar-refractivity contribution in [1.82, 2.24) is 9.29 Å². The summed E-state index contributed by atoms with van der Waals surface area (Å²) in [6.45, 7) is 1.63. The molecule has 0 atom stereocenters. The van der Waals surface area contributed by atoms with Crippen molar-refractivity contribution < 1.29 is 13.2 Å². The van der Waals surface area contributed by atoms with E-state index in [1.165, 1.54) is 3.97 Å². The van der Waals surface area contributed by atoms with Crippen LogP contribution in [0.1, 0.15) is 5.56 Å². The Labute approximate surface area is 191 Å². The first-order valence-electron chi connectivity index (χ1n) is 9.64. The van der Waals surface area contributed by atoms with Crippen LogP contribution in [0, 0.1) is 0 Å². The number of benzene rings is 3. The molecule has 0 aliphatic rings. The fourth-order valence-electron chi connectivity index (χ4n) is 3.34. The Hall–Kier alpha value is -2.51. The van der Waals surface area contributed by atoms with Gasteiger partial charge in [0, 0.05) is 34.7 Å². The van der Waals surface area contributed by atoms with E-state index in [1.807, 2.05) is 18.2 Å². The number of nitrogens with one attached hydrogen (secondary N) is 1. The Morgan fingerprint density at radius 1 is 0.903 bits per heavy atom. The van der Waals surface area contributed by atoms with E-state index in [4.69, 9.17) is 27.9 Å². The number of nitrogens with zero attached hydrogens (tertiary/aromatic N) is 1. The van der Waals surface area contributed by atoms with Gasteiger partial charge in [-0.3, -0.25) is 0 Å². The maximum Gasteiger partial charge on any atom is 0.268 e. The second-order valence-corrected chi connectivity index (χ2v) is 9.61. The number of hydrogen-bond donors (Lipinski definition) is 1. The van der Waals surface area contributed by atoms with Gasteiger partial charge < -0.3 is 10.1 Å². The van der Waals surface area contributed by atoms with Gasteiger partial charge in [-0.1, -0.05) is 47.5 Å². The average Bonchev–Trinajstić information content (AvgIpc) is 3.19. The number of ether oxygens (including phenoxy) is 1. The van der Waals surface area contributed by atoms with E-state index >= 15 is 0 Å². The molecule has 1 N–H and O–H groups in total. The van der Waals surface area contributed by atoms with Crippen LogP contribution < -0.4 is 10.1 Å². The number of fused-ring (bicyclic) bond motifs is 1. The van der Waals surface area contributed by atoms with Crippen molar-refractivity contribution in [3.8, 4) is 5.75 Å². The van der Waals surface area contributed by atoms with Crippen LogP contribution in [-0.2, 0) is 16.6 Å². The van der Waals surface area contributed by atoms with Gasteiger partial charge in [0.05, 0.1) is 10.4 Å². The van der Waals surface area contributed by atoms with Crippen LogP contribution in [0.5, 0.6) is 5.75 Å². The van der Waals surface area contributed by atoms with E-state index in [2.05, 4.69) is 5.32 Å². The molecule has 0 spiro atoms. The summed E-state index contributed by atoms with van der Waals surface area (Å²) in [5.41, 5.74) is 1.56. The first-order valence-corrected chi connectivity index (χ1v) is 11.8. The molecular weight excluding hydrogens is 455 g/mol. The van der Waals surface area contributed by atoms with Crippen molar-refractivity contribution in [3.63, 3.8) is 0 Å². The first-order chi connectivity index (χ1) is 14.9. The van der Waals surface area contributed by atoms with Crippen LogP contribution >= 0.6 is 23.2 Å². The van der Waals surface area contributed by atoms with Gasteiger partial charge in [0.15, 0.2) is 0 Å². The fraction of sp³-hybridized carbons (Fsp3) is 0.130. The predicted molar refractivity (Wildman–Crippen MR) is 125 cm³/mol. The minimum Gasteiger partial charge on any atom is -0.492 e. The average molecular weight is 475 g/mol. The maximum absolute atomic E-state index is 13.0. The third kappa shape index (κ3) is 4.88. The highest BCUT2D eigenvalue weighted by molar-refractivity contribution is 7.90. The molecule has 0 fully saturated rings. The van der Waals surface area contributed by atoms with Crippen molar-refractivity contribution in [1.29, 1.82) is 0 Å². The van der Waals surface area contributed by atoms with E-state index < -0.39 is 10.0 Å². The second kappa shape index (κ2) is 9.32. The van der Waals surface area contributed by atoms with Crippen LogP contribution in [0.25, 0.3) is 10.9 Å². The van der Waals surface area contributed by atoms with E-state index in [0.29, 0.717) is 41.0 Å². The van der Waals surface area contributed by atoms with Gasteiger partial charge in [-0.2, -0.15) is 0 Å². The topological polar surface area (TPSA) is 60.3 Å². The Bertz CT molecular complexity index is 1280. The monoisotopic (exact) mass is 474 g/mol. The van der Waals surface area contributed by atoms with Crippen LogP contribution in [0.15, 0.2) is 83.9 Å². The molecule has 0 amide bonds. The van der Waals surface area contributed by atoms with Crippen LogP contribution in [-0.4, -0.2) is 25.5 Å². The standard InChI is InChI=1S/C23H20Cl2N2O3S/c24-18-13-17(14-19(25)15-18)16-26-10-12-30-23-8-4-7-22-21(23)9-11-27(22)31(28,29)20-5-2-1-3-6-20/h1-9,11,13-15,26H,10,12,16H2. The molecule has 0 unspecified atom stereocenters. The second-order valence-electron chi connectivity index (χ2n) is 6.92. The fourth-order valence-corrected chi connectivity index (χ4v) is 5.27.